The monoisotopic (exact) mass is 421 g/mol. The maximum atomic E-state index is 13.0. The van der Waals surface area contributed by atoms with Gasteiger partial charge in [-0.1, -0.05) is 21.9 Å². The zero-order valence-corrected chi connectivity index (χ0v) is 17.5. The standard InChI is InChI=1S/C23H20ClN3O3/c1-13-9-18-19(25-29-21(18)10-14(13)2)11-22(28)27-8-7-17-20(12-27)26-30-23(17)15-3-5-16(24)6-4-15/h3-6,9-10H,7-8,11-12H2,1-2H3. The number of hydrogen-bond donors (Lipinski definition) is 0. The molecule has 30 heavy (non-hydrogen) atoms. The summed E-state index contributed by atoms with van der Waals surface area (Å²) >= 11 is 5.98. The Morgan fingerprint density at radius 2 is 1.87 bits per heavy atom. The number of carbonyl (C=O) groups is 1. The molecule has 4 aromatic rings. The first kappa shape index (κ1) is 18.9. The summed E-state index contributed by atoms with van der Waals surface area (Å²) in [5.74, 6) is 0.757. The van der Waals surface area contributed by atoms with E-state index in [0.717, 1.165) is 39.1 Å². The predicted molar refractivity (Wildman–Crippen MR) is 113 cm³/mol. The van der Waals surface area contributed by atoms with Crippen molar-refractivity contribution in [2.24, 2.45) is 0 Å². The SMILES string of the molecule is Cc1cc2onc(CC(=O)N3CCc4c(noc4-c4ccc(Cl)cc4)C3)c2cc1C. The van der Waals surface area contributed by atoms with E-state index in [-0.39, 0.29) is 12.3 Å². The number of carbonyl (C=O) groups excluding carboxylic acids is 1. The van der Waals surface area contributed by atoms with Gasteiger partial charge in [-0.05, 0) is 67.8 Å². The molecule has 2 aromatic heterocycles. The molecule has 1 aliphatic rings. The fraction of sp³-hybridized carbons (Fsp3) is 0.261. The first-order chi connectivity index (χ1) is 14.5. The van der Waals surface area contributed by atoms with Gasteiger partial charge in [-0.15, -0.1) is 0 Å². The van der Waals surface area contributed by atoms with Crippen molar-refractivity contribution < 1.29 is 13.8 Å². The molecule has 0 radical (unpaired) electrons. The second-order valence-corrected chi connectivity index (χ2v) is 8.18. The number of nitrogens with zero attached hydrogens (tertiary/aromatic N) is 3. The van der Waals surface area contributed by atoms with E-state index in [1.54, 1.807) is 4.90 Å². The van der Waals surface area contributed by atoms with Crippen molar-refractivity contribution in [3.8, 4) is 11.3 Å². The van der Waals surface area contributed by atoms with Crippen LogP contribution >= 0.6 is 11.6 Å². The number of halogens is 1. The van der Waals surface area contributed by atoms with Gasteiger partial charge < -0.3 is 13.9 Å². The van der Waals surface area contributed by atoms with Crippen molar-refractivity contribution in [2.75, 3.05) is 6.54 Å². The van der Waals surface area contributed by atoms with E-state index in [4.69, 9.17) is 20.6 Å². The minimum atomic E-state index is 0.00474. The fourth-order valence-corrected chi connectivity index (χ4v) is 4.02. The molecule has 6 nitrogen and oxygen atoms in total. The van der Waals surface area contributed by atoms with E-state index in [0.29, 0.717) is 35.8 Å². The van der Waals surface area contributed by atoms with Crippen molar-refractivity contribution in [2.45, 2.75) is 33.2 Å². The van der Waals surface area contributed by atoms with Gasteiger partial charge in [-0.3, -0.25) is 4.79 Å². The van der Waals surface area contributed by atoms with Crippen LogP contribution in [0, 0.1) is 13.8 Å². The molecule has 0 unspecified atom stereocenters. The van der Waals surface area contributed by atoms with E-state index >= 15 is 0 Å². The molecule has 7 heteroatoms. The van der Waals surface area contributed by atoms with Crippen LogP contribution < -0.4 is 0 Å². The number of aromatic nitrogens is 2. The van der Waals surface area contributed by atoms with Crippen molar-refractivity contribution in [3.05, 3.63) is 69.5 Å². The van der Waals surface area contributed by atoms with E-state index in [1.807, 2.05) is 50.2 Å². The first-order valence-electron chi connectivity index (χ1n) is 9.86. The molecular weight excluding hydrogens is 402 g/mol. The minimum Gasteiger partial charge on any atom is -0.356 e. The first-order valence-corrected chi connectivity index (χ1v) is 10.2. The van der Waals surface area contributed by atoms with E-state index in [1.165, 1.54) is 0 Å². The molecule has 5 rings (SSSR count). The molecule has 0 N–H and O–H groups in total. The van der Waals surface area contributed by atoms with E-state index < -0.39 is 0 Å². The minimum absolute atomic E-state index is 0.00474. The normalized spacial score (nSPS) is 13.6. The molecule has 2 aromatic carbocycles. The van der Waals surface area contributed by atoms with Crippen LogP contribution in [0.15, 0.2) is 45.4 Å². The fourth-order valence-electron chi connectivity index (χ4n) is 3.90. The Labute approximate surface area is 178 Å². The van der Waals surface area contributed by atoms with Gasteiger partial charge in [0.15, 0.2) is 11.3 Å². The Bertz CT molecular complexity index is 1260. The number of fused-ring (bicyclic) bond motifs is 2. The number of hydrogen-bond acceptors (Lipinski definition) is 5. The van der Waals surface area contributed by atoms with Gasteiger partial charge in [0, 0.05) is 28.1 Å². The Morgan fingerprint density at radius 3 is 2.67 bits per heavy atom. The lowest BCUT2D eigenvalue weighted by Crippen LogP contribution is -2.37. The average molecular weight is 422 g/mol. The smallest absolute Gasteiger partial charge is 0.229 e. The zero-order chi connectivity index (χ0) is 20.8. The summed E-state index contributed by atoms with van der Waals surface area (Å²) in [6.07, 6.45) is 0.896. The molecule has 0 bridgehead atoms. The van der Waals surface area contributed by atoms with Crippen LogP contribution in [-0.4, -0.2) is 27.7 Å². The van der Waals surface area contributed by atoms with Crippen molar-refractivity contribution in [3.63, 3.8) is 0 Å². The summed E-state index contributed by atoms with van der Waals surface area (Å²) in [6.45, 7) is 5.12. The van der Waals surface area contributed by atoms with Crippen molar-refractivity contribution in [1.82, 2.24) is 15.2 Å². The lowest BCUT2D eigenvalue weighted by molar-refractivity contribution is -0.131. The average Bonchev–Trinajstić information content (AvgIpc) is 3.33. The predicted octanol–water partition coefficient (Wildman–Crippen LogP) is 4.88. The summed E-state index contributed by atoms with van der Waals surface area (Å²) in [4.78, 5) is 14.8. The van der Waals surface area contributed by atoms with Crippen LogP contribution in [0.5, 0.6) is 0 Å². The van der Waals surface area contributed by atoms with Crippen LogP contribution in [0.3, 0.4) is 0 Å². The van der Waals surface area contributed by atoms with Gasteiger partial charge in [0.05, 0.1) is 13.0 Å². The maximum Gasteiger partial charge on any atom is 0.229 e. The molecule has 0 saturated heterocycles. The van der Waals surface area contributed by atoms with Crippen LogP contribution in [0.4, 0.5) is 0 Å². The van der Waals surface area contributed by atoms with Gasteiger partial charge in [0.1, 0.15) is 11.4 Å². The molecule has 152 valence electrons. The molecule has 3 heterocycles. The third kappa shape index (κ3) is 3.27. The molecule has 0 fully saturated rings. The van der Waals surface area contributed by atoms with Gasteiger partial charge in [0.25, 0.3) is 0 Å². The molecule has 0 atom stereocenters. The number of benzene rings is 2. The highest BCUT2D eigenvalue weighted by Crippen LogP contribution is 2.31. The highest BCUT2D eigenvalue weighted by Gasteiger charge is 2.28. The largest absolute Gasteiger partial charge is 0.356 e. The Hall–Kier alpha value is -3.12. The van der Waals surface area contributed by atoms with Crippen molar-refractivity contribution >= 4 is 28.5 Å². The number of amides is 1. The Balaban J connectivity index is 1.35. The third-order valence-electron chi connectivity index (χ3n) is 5.78. The molecule has 1 aliphatic heterocycles. The lowest BCUT2D eigenvalue weighted by atomic mass is 10.00. The van der Waals surface area contributed by atoms with Crippen LogP contribution in [-0.2, 0) is 24.2 Å². The molecular formula is C23H20ClN3O3. The molecule has 0 aliphatic carbocycles. The van der Waals surface area contributed by atoms with Crippen LogP contribution in [0.25, 0.3) is 22.3 Å². The van der Waals surface area contributed by atoms with Gasteiger partial charge in [-0.2, -0.15) is 0 Å². The quantitative estimate of drug-likeness (QED) is 0.471. The van der Waals surface area contributed by atoms with Gasteiger partial charge in [0.2, 0.25) is 5.91 Å². The van der Waals surface area contributed by atoms with Crippen molar-refractivity contribution in [1.29, 1.82) is 0 Å². The second kappa shape index (κ2) is 7.29. The number of aryl methyl sites for hydroxylation is 2. The third-order valence-corrected chi connectivity index (χ3v) is 6.03. The summed E-state index contributed by atoms with van der Waals surface area (Å²) in [5.41, 5.74) is 6.47. The lowest BCUT2D eigenvalue weighted by Gasteiger charge is -2.25. The topological polar surface area (TPSA) is 72.4 Å². The zero-order valence-electron chi connectivity index (χ0n) is 16.7. The molecule has 0 spiro atoms. The summed E-state index contributed by atoms with van der Waals surface area (Å²) in [5, 5.41) is 9.93. The second-order valence-electron chi connectivity index (χ2n) is 7.75. The molecule has 1 amide bonds. The molecule has 0 saturated carbocycles. The van der Waals surface area contributed by atoms with Gasteiger partial charge in [-0.25, -0.2) is 0 Å². The van der Waals surface area contributed by atoms with E-state index in [9.17, 15) is 4.79 Å². The Morgan fingerprint density at radius 1 is 1.10 bits per heavy atom. The van der Waals surface area contributed by atoms with Crippen LogP contribution in [0.2, 0.25) is 5.02 Å². The summed E-state index contributed by atoms with van der Waals surface area (Å²) in [6, 6.07) is 11.5. The number of rotatable bonds is 3. The maximum absolute atomic E-state index is 13.0. The van der Waals surface area contributed by atoms with Crippen LogP contribution in [0.1, 0.15) is 28.1 Å². The Kier molecular flexibility index (Phi) is 4.59. The highest BCUT2D eigenvalue weighted by atomic mass is 35.5. The van der Waals surface area contributed by atoms with Gasteiger partial charge >= 0.3 is 0 Å². The summed E-state index contributed by atoms with van der Waals surface area (Å²) < 4.78 is 11.0. The van der Waals surface area contributed by atoms with E-state index in [2.05, 4.69) is 10.3 Å². The summed E-state index contributed by atoms with van der Waals surface area (Å²) in [7, 11) is 0. The highest BCUT2D eigenvalue weighted by molar-refractivity contribution is 6.30.